The molecule has 2 heterocycles. The predicted molar refractivity (Wildman–Crippen MR) is 67.5 cm³/mol. The van der Waals surface area contributed by atoms with Crippen LogP contribution >= 0.6 is 11.3 Å². The smallest absolute Gasteiger partial charge is 0.311 e. The van der Waals surface area contributed by atoms with Gasteiger partial charge < -0.3 is 10.5 Å². The Morgan fingerprint density at radius 1 is 1.63 bits per heavy atom. The monoisotopic (exact) mass is 283 g/mol. The molecule has 2 rings (SSSR count). The minimum Gasteiger partial charge on any atom is -0.469 e. The molecule has 1 unspecified atom stereocenters. The summed E-state index contributed by atoms with van der Waals surface area (Å²) < 4.78 is 4.54. The van der Waals surface area contributed by atoms with Crippen LogP contribution in [0, 0.1) is 5.92 Å². The van der Waals surface area contributed by atoms with Gasteiger partial charge in [-0.15, -0.1) is 11.3 Å². The van der Waals surface area contributed by atoms with Gasteiger partial charge >= 0.3 is 5.97 Å². The van der Waals surface area contributed by atoms with Gasteiger partial charge in [0.2, 0.25) is 11.8 Å². The number of aromatic nitrogens is 1. The summed E-state index contributed by atoms with van der Waals surface area (Å²) in [6, 6.07) is 0. The highest BCUT2D eigenvalue weighted by Gasteiger charge is 2.35. The second-order valence-corrected chi connectivity index (χ2v) is 5.02. The average Bonchev–Trinajstić information content (AvgIpc) is 2.95. The van der Waals surface area contributed by atoms with Gasteiger partial charge in [-0.25, -0.2) is 4.98 Å². The normalized spacial score (nSPS) is 18.7. The second-order valence-electron chi connectivity index (χ2n) is 4.18. The van der Waals surface area contributed by atoms with E-state index >= 15 is 0 Å². The molecule has 0 saturated carbocycles. The van der Waals surface area contributed by atoms with Crippen molar-refractivity contribution in [2.24, 2.45) is 11.7 Å². The van der Waals surface area contributed by atoms with Gasteiger partial charge in [0.05, 0.1) is 25.1 Å². The number of amides is 2. The lowest BCUT2D eigenvalue weighted by atomic mass is 10.1. The van der Waals surface area contributed by atoms with E-state index in [-0.39, 0.29) is 31.3 Å². The number of hydrogen-bond acceptors (Lipinski definition) is 6. The fourth-order valence-electron chi connectivity index (χ4n) is 1.80. The Kier molecular flexibility index (Phi) is 3.79. The number of thiazole rings is 1. The molecular weight excluding hydrogens is 270 g/mol. The maximum Gasteiger partial charge on any atom is 0.311 e. The third kappa shape index (κ3) is 2.90. The lowest BCUT2D eigenvalue weighted by Crippen LogP contribution is -2.28. The van der Waals surface area contributed by atoms with Gasteiger partial charge in [0.25, 0.3) is 0 Å². The first-order valence-corrected chi connectivity index (χ1v) is 6.50. The molecule has 1 fully saturated rings. The number of nitrogens with two attached hydrogens (primary N) is 1. The summed E-state index contributed by atoms with van der Waals surface area (Å²) >= 11 is 1.25. The topological polar surface area (TPSA) is 103 Å². The zero-order valence-corrected chi connectivity index (χ0v) is 11.1. The first-order valence-electron chi connectivity index (χ1n) is 5.62. The lowest BCUT2D eigenvalue weighted by molar-refractivity contribution is -0.139. The Balaban J connectivity index is 2.08. The van der Waals surface area contributed by atoms with Crippen molar-refractivity contribution in [3.8, 4) is 0 Å². The molecule has 2 amide bonds. The van der Waals surface area contributed by atoms with Crippen LogP contribution in [0.1, 0.15) is 12.1 Å². The Morgan fingerprint density at radius 3 is 2.95 bits per heavy atom. The van der Waals surface area contributed by atoms with Crippen LogP contribution in [-0.4, -0.2) is 36.4 Å². The summed E-state index contributed by atoms with van der Waals surface area (Å²) in [6.07, 6.45) is 0.176. The molecule has 7 nitrogen and oxygen atoms in total. The van der Waals surface area contributed by atoms with Crippen LogP contribution in [0.2, 0.25) is 0 Å². The van der Waals surface area contributed by atoms with Gasteiger partial charge in [0, 0.05) is 18.3 Å². The van der Waals surface area contributed by atoms with Crippen molar-refractivity contribution < 1.29 is 19.1 Å². The van der Waals surface area contributed by atoms with Crippen LogP contribution in [-0.2, 0) is 25.5 Å². The van der Waals surface area contributed by atoms with Gasteiger partial charge in [-0.2, -0.15) is 0 Å². The fraction of sp³-hybridized carbons (Fsp3) is 0.455. The maximum atomic E-state index is 11.8. The molecule has 0 bridgehead atoms. The van der Waals surface area contributed by atoms with E-state index < -0.39 is 11.8 Å². The Bertz CT molecular complexity index is 528. The molecule has 1 saturated heterocycles. The third-order valence-electron chi connectivity index (χ3n) is 2.85. The molecule has 2 N–H and O–H groups in total. The quantitative estimate of drug-likeness (QED) is 0.764. The molecule has 1 aromatic heterocycles. The predicted octanol–water partition coefficient (Wildman–Crippen LogP) is -0.303. The third-order valence-corrected chi connectivity index (χ3v) is 3.76. The van der Waals surface area contributed by atoms with Gasteiger partial charge in [-0.3, -0.25) is 19.3 Å². The van der Waals surface area contributed by atoms with E-state index in [1.54, 1.807) is 5.38 Å². The van der Waals surface area contributed by atoms with E-state index in [0.29, 0.717) is 10.8 Å². The van der Waals surface area contributed by atoms with Crippen molar-refractivity contribution in [3.63, 3.8) is 0 Å². The van der Waals surface area contributed by atoms with Crippen molar-refractivity contribution in [1.82, 2.24) is 4.98 Å². The number of rotatable bonds is 4. The number of carbonyl (C=O) groups excluding carboxylic acids is 3. The molecule has 1 aliphatic rings. The number of anilines is 1. The van der Waals surface area contributed by atoms with E-state index in [1.807, 2.05) is 0 Å². The fourth-order valence-corrected chi connectivity index (χ4v) is 2.66. The number of esters is 1. The van der Waals surface area contributed by atoms with Crippen molar-refractivity contribution in [3.05, 3.63) is 11.1 Å². The molecule has 0 radical (unpaired) electrons. The van der Waals surface area contributed by atoms with Crippen molar-refractivity contribution in [2.75, 3.05) is 18.6 Å². The summed E-state index contributed by atoms with van der Waals surface area (Å²) in [5, 5.41) is 2.17. The van der Waals surface area contributed by atoms with E-state index in [4.69, 9.17) is 5.73 Å². The lowest BCUT2D eigenvalue weighted by Gasteiger charge is -2.11. The zero-order valence-electron chi connectivity index (χ0n) is 10.3. The summed E-state index contributed by atoms with van der Waals surface area (Å²) in [7, 11) is 1.30. The van der Waals surface area contributed by atoms with Crippen molar-refractivity contribution >= 4 is 34.3 Å². The number of ether oxygens (including phenoxy) is 1. The minimum atomic E-state index is -0.484. The van der Waals surface area contributed by atoms with Crippen LogP contribution in [0.4, 0.5) is 5.13 Å². The van der Waals surface area contributed by atoms with Crippen LogP contribution < -0.4 is 10.6 Å². The average molecular weight is 283 g/mol. The standard InChI is InChI=1S/C11H13N3O4S/c1-18-9(16)3-7-5-19-11(13-7)14-4-6(10(12)17)2-8(14)15/h5-6H,2-4H2,1H3,(H2,12,17). The number of nitrogens with zero attached hydrogens (tertiary/aromatic N) is 2. The summed E-state index contributed by atoms with van der Waals surface area (Å²) in [5.74, 6) is -1.52. The van der Waals surface area contributed by atoms with Gasteiger partial charge in [-0.1, -0.05) is 0 Å². The molecule has 0 spiro atoms. The first kappa shape index (κ1) is 13.5. The van der Waals surface area contributed by atoms with E-state index in [2.05, 4.69) is 9.72 Å². The van der Waals surface area contributed by atoms with Crippen LogP contribution in [0.5, 0.6) is 0 Å². The van der Waals surface area contributed by atoms with Gasteiger partial charge in [0.15, 0.2) is 5.13 Å². The molecular formula is C11H13N3O4S. The highest BCUT2D eigenvalue weighted by atomic mass is 32.1. The largest absolute Gasteiger partial charge is 0.469 e. The van der Waals surface area contributed by atoms with Gasteiger partial charge in [0.1, 0.15) is 0 Å². The zero-order chi connectivity index (χ0) is 14.0. The SMILES string of the molecule is COC(=O)Cc1csc(N2CC(C(N)=O)CC2=O)n1. The van der Waals surface area contributed by atoms with Crippen molar-refractivity contribution in [1.29, 1.82) is 0 Å². The first-order chi connectivity index (χ1) is 9.01. The highest BCUT2D eigenvalue weighted by molar-refractivity contribution is 7.14. The van der Waals surface area contributed by atoms with Crippen LogP contribution in [0.3, 0.4) is 0 Å². The molecule has 8 heteroatoms. The Labute approximate surface area is 113 Å². The molecule has 1 aliphatic heterocycles. The molecule has 19 heavy (non-hydrogen) atoms. The summed E-state index contributed by atoms with van der Waals surface area (Å²) in [5.41, 5.74) is 5.74. The maximum absolute atomic E-state index is 11.8. The Morgan fingerprint density at radius 2 is 2.37 bits per heavy atom. The molecule has 1 atom stereocenters. The highest BCUT2D eigenvalue weighted by Crippen LogP contribution is 2.28. The summed E-state index contributed by atoms with van der Waals surface area (Å²) in [6.45, 7) is 0.249. The number of carbonyl (C=O) groups is 3. The van der Waals surface area contributed by atoms with Crippen molar-refractivity contribution in [2.45, 2.75) is 12.8 Å². The Hall–Kier alpha value is -1.96. The number of hydrogen-bond donors (Lipinski definition) is 1. The molecule has 0 aromatic carbocycles. The molecule has 102 valence electrons. The van der Waals surface area contributed by atoms with E-state index in [1.165, 1.54) is 23.3 Å². The van der Waals surface area contributed by atoms with Crippen LogP contribution in [0.15, 0.2) is 5.38 Å². The van der Waals surface area contributed by atoms with Crippen LogP contribution in [0.25, 0.3) is 0 Å². The van der Waals surface area contributed by atoms with E-state index in [9.17, 15) is 14.4 Å². The number of primary amides is 1. The van der Waals surface area contributed by atoms with E-state index in [0.717, 1.165) is 0 Å². The van der Waals surface area contributed by atoms with Gasteiger partial charge in [-0.05, 0) is 0 Å². The molecule has 1 aromatic rings. The minimum absolute atomic E-state index is 0.0638. The molecule has 0 aliphatic carbocycles. The summed E-state index contributed by atoms with van der Waals surface area (Å²) in [4.78, 5) is 39.6. The second kappa shape index (κ2) is 5.35. The number of methoxy groups -OCH3 is 1.